The molecule has 102 valence electrons. The SMILES string of the molecule is CC1CCCC(N)(C(=O)C2CCc3cccnc32)C1. The Hall–Kier alpha value is -1.22. The molecule has 2 N–H and O–H groups in total. The summed E-state index contributed by atoms with van der Waals surface area (Å²) < 4.78 is 0. The van der Waals surface area contributed by atoms with Crippen molar-refractivity contribution in [2.45, 2.75) is 56.9 Å². The second kappa shape index (κ2) is 4.71. The van der Waals surface area contributed by atoms with Crippen LogP contribution in [0.1, 0.15) is 56.2 Å². The van der Waals surface area contributed by atoms with Gasteiger partial charge in [0.05, 0.1) is 17.2 Å². The number of carbonyl (C=O) groups is 1. The maximum atomic E-state index is 12.9. The Morgan fingerprint density at radius 1 is 1.47 bits per heavy atom. The van der Waals surface area contributed by atoms with Crippen molar-refractivity contribution < 1.29 is 4.79 Å². The summed E-state index contributed by atoms with van der Waals surface area (Å²) in [4.78, 5) is 17.3. The average molecular weight is 258 g/mol. The number of aryl methyl sites for hydroxylation is 1. The van der Waals surface area contributed by atoms with Crippen LogP contribution >= 0.6 is 0 Å². The molecule has 3 heteroatoms. The highest BCUT2D eigenvalue weighted by Crippen LogP contribution is 2.39. The molecule has 3 nitrogen and oxygen atoms in total. The molecule has 0 amide bonds. The Morgan fingerprint density at radius 3 is 3.11 bits per heavy atom. The predicted octanol–water partition coefficient (Wildman–Crippen LogP) is 2.59. The summed E-state index contributed by atoms with van der Waals surface area (Å²) in [7, 11) is 0. The van der Waals surface area contributed by atoms with Crippen molar-refractivity contribution in [2.24, 2.45) is 11.7 Å². The summed E-state index contributed by atoms with van der Waals surface area (Å²) in [6, 6.07) is 4.04. The fraction of sp³-hybridized carbons (Fsp3) is 0.625. The second-order valence-electron chi connectivity index (χ2n) is 6.36. The summed E-state index contributed by atoms with van der Waals surface area (Å²) in [5, 5.41) is 0. The zero-order valence-electron chi connectivity index (χ0n) is 11.6. The predicted molar refractivity (Wildman–Crippen MR) is 74.9 cm³/mol. The van der Waals surface area contributed by atoms with Gasteiger partial charge in [0.1, 0.15) is 0 Å². The van der Waals surface area contributed by atoms with Crippen LogP contribution in [0.2, 0.25) is 0 Å². The van der Waals surface area contributed by atoms with E-state index >= 15 is 0 Å². The molecule has 0 bridgehead atoms. The number of ketones is 1. The molecule has 3 atom stereocenters. The molecule has 2 aliphatic carbocycles. The molecule has 0 aliphatic heterocycles. The number of Topliss-reactive ketones (excluding diaryl/α,β-unsaturated/α-hetero) is 1. The van der Waals surface area contributed by atoms with Crippen molar-refractivity contribution in [3.8, 4) is 0 Å². The van der Waals surface area contributed by atoms with E-state index in [1.807, 2.05) is 6.07 Å². The van der Waals surface area contributed by atoms with Crippen LogP contribution in [0.25, 0.3) is 0 Å². The molecule has 1 aromatic rings. The molecule has 0 saturated heterocycles. The molecule has 1 heterocycles. The van der Waals surface area contributed by atoms with Crippen molar-refractivity contribution >= 4 is 5.78 Å². The van der Waals surface area contributed by atoms with E-state index in [1.54, 1.807) is 6.20 Å². The monoisotopic (exact) mass is 258 g/mol. The number of nitrogens with zero attached hydrogens (tertiary/aromatic N) is 1. The van der Waals surface area contributed by atoms with E-state index in [-0.39, 0.29) is 11.7 Å². The molecule has 19 heavy (non-hydrogen) atoms. The summed E-state index contributed by atoms with van der Waals surface area (Å²) >= 11 is 0. The molecular formula is C16H22N2O. The molecule has 1 aromatic heterocycles. The molecule has 0 radical (unpaired) electrons. The lowest BCUT2D eigenvalue weighted by molar-refractivity contribution is -0.127. The van der Waals surface area contributed by atoms with Crippen LogP contribution in [0.3, 0.4) is 0 Å². The summed E-state index contributed by atoms with van der Waals surface area (Å²) in [6.45, 7) is 2.20. The molecule has 0 spiro atoms. The van der Waals surface area contributed by atoms with Crippen LogP contribution < -0.4 is 5.73 Å². The van der Waals surface area contributed by atoms with E-state index in [9.17, 15) is 4.79 Å². The number of aromatic nitrogens is 1. The highest BCUT2D eigenvalue weighted by Gasteiger charge is 2.43. The minimum Gasteiger partial charge on any atom is -0.319 e. The third-order valence-electron chi connectivity index (χ3n) is 4.80. The van der Waals surface area contributed by atoms with Gasteiger partial charge in [-0.1, -0.05) is 25.8 Å². The standard InChI is InChI=1S/C16H22N2O/c1-11-4-2-8-16(17,10-11)15(19)13-7-6-12-5-3-9-18-14(12)13/h3,5,9,11,13H,2,4,6-8,10,17H2,1H3. The average Bonchev–Trinajstić information content (AvgIpc) is 2.81. The summed E-state index contributed by atoms with van der Waals surface area (Å²) in [6.07, 6.45) is 7.59. The Balaban J connectivity index is 1.85. The quantitative estimate of drug-likeness (QED) is 0.887. The lowest BCUT2D eigenvalue weighted by Crippen LogP contribution is -2.52. The van der Waals surface area contributed by atoms with Gasteiger partial charge in [-0.3, -0.25) is 9.78 Å². The van der Waals surface area contributed by atoms with E-state index in [1.165, 1.54) is 12.0 Å². The molecule has 2 aliphatic rings. The first-order valence-corrected chi connectivity index (χ1v) is 7.37. The number of rotatable bonds is 2. The van der Waals surface area contributed by atoms with Crippen LogP contribution in [0.4, 0.5) is 0 Å². The minimum absolute atomic E-state index is 0.0634. The molecule has 3 unspecified atom stereocenters. The highest BCUT2D eigenvalue weighted by molar-refractivity contribution is 5.94. The fourth-order valence-electron chi connectivity index (χ4n) is 3.83. The lowest BCUT2D eigenvalue weighted by Gasteiger charge is -2.37. The zero-order chi connectivity index (χ0) is 13.5. The van der Waals surface area contributed by atoms with Gasteiger partial charge in [-0.15, -0.1) is 0 Å². The van der Waals surface area contributed by atoms with E-state index < -0.39 is 5.54 Å². The summed E-state index contributed by atoms with van der Waals surface area (Å²) in [5.41, 5.74) is 8.05. The maximum absolute atomic E-state index is 12.9. The Kier molecular flexibility index (Phi) is 3.17. The van der Waals surface area contributed by atoms with Crippen LogP contribution in [0, 0.1) is 5.92 Å². The normalized spacial score (nSPS) is 34.0. The second-order valence-corrected chi connectivity index (χ2v) is 6.36. The summed E-state index contributed by atoms with van der Waals surface area (Å²) in [5.74, 6) is 0.732. The van der Waals surface area contributed by atoms with Crippen molar-refractivity contribution in [2.75, 3.05) is 0 Å². The van der Waals surface area contributed by atoms with Crippen molar-refractivity contribution in [1.29, 1.82) is 0 Å². The van der Waals surface area contributed by atoms with Gasteiger partial charge in [0.2, 0.25) is 0 Å². The first kappa shape index (κ1) is 12.8. The van der Waals surface area contributed by atoms with Gasteiger partial charge in [-0.05, 0) is 43.2 Å². The molecule has 3 rings (SSSR count). The number of nitrogens with two attached hydrogens (primary N) is 1. The minimum atomic E-state index is -0.610. The van der Waals surface area contributed by atoms with Gasteiger partial charge in [-0.2, -0.15) is 0 Å². The molecular weight excluding hydrogens is 236 g/mol. The van der Waals surface area contributed by atoms with Crippen LogP contribution in [-0.4, -0.2) is 16.3 Å². The number of hydrogen-bond acceptors (Lipinski definition) is 3. The topological polar surface area (TPSA) is 56.0 Å². The molecule has 0 aromatic carbocycles. The Labute approximate surface area is 114 Å². The fourth-order valence-corrected chi connectivity index (χ4v) is 3.83. The van der Waals surface area contributed by atoms with Crippen LogP contribution in [0.5, 0.6) is 0 Å². The van der Waals surface area contributed by atoms with Crippen LogP contribution in [-0.2, 0) is 11.2 Å². The third kappa shape index (κ3) is 2.20. The number of hydrogen-bond donors (Lipinski definition) is 1. The number of pyridine rings is 1. The molecule has 1 saturated carbocycles. The smallest absolute Gasteiger partial charge is 0.161 e. The van der Waals surface area contributed by atoms with Gasteiger partial charge in [0, 0.05) is 6.20 Å². The van der Waals surface area contributed by atoms with Gasteiger partial charge >= 0.3 is 0 Å². The Morgan fingerprint density at radius 2 is 2.32 bits per heavy atom. The van der Waals surface area contributed by atoms with E-state index in [2.05, 4.69) is 18.0 Å². The van der Waals surface area contributed by atoms with Gasteiger partial charge in [0.15, 0.2) is 5.78 Å². The van der Waals surface area contributed by atoms with Gasteiger partial charge in [0.25, 0.3) is 0 Å². The van der Waals surface area contributed by atoms with Gasteiger partial charge in [-0.25, -0.2) is 0 Å². The maximum Gasteiger partial charge on any atom is 0.161 e. The lowest BCUT2D eigenvalue weighted by atomic mass is 9.71. The zero-order valence-corrected chi connectivity index (χ0v) is 11.6. The van der Waals surface area contributed by atoms with E-state index in [4.69, 9.17) is 5.73 Å². The number of carbonyl (C=O) groups excluding carboxylic acids is 1. The van der Waals surface area contributed by atoms with Crippen molar-refractivity contribution in [3.63, 3.8) is 0 Å². The Bertz CT molecular complexity index is 499. The largest absolute Gasteiger partial charge is 0.319 e. The third-order valence-corrected chi connectivity index (χ3v) is 4.80. The first-order chi connectivity index (χ1) is 9.10. The van der Waals surface area contributed by atoms with Crippen LogP contribution in [0.15, 0.2) is 18.3 Å². The van der Waals surface area contributed by atoms with E-state index in [0.717, 1.165) is 37.8 Å². The molecule has 1 fully saturated rings. The van der Waals surface area contributed by atoms with Crippen molar-refractivity contribution in [1.82, 2.24) is 4.98 Å². The van der Waals surface area contributed by atoms with Crippen molar-refractivity contribution in [3.05, 3.63) is 29.6 Å². The number of fused-ring (bicyclic) bond motifs is 1. The highest BCUT2D eigenvalue weighted by atomic mass is 16.1. The first-order valence-electron chi connectivity index (χ1n) is 7.37. The van der Waals surface area contributed by atoms with E-state index in [0.29, 0.717) is 5.92 Å². The van der Waals surface area contributed by atoms with Gasteiger partial charge < -0.3 is 5.73 Å².